The first kappa shape index (κ1) is 23.6. The summed E-state index contributed by atoms with van der Waals surface area (Å²) in [5, 5.41) is 19.3. The number of piperidine rings is 2. The third kappa shape index (κ3) is 2.65. The Labute approximate surface area is 208 Å². The minimum absolute atomic E-state index is 0.0922. The number of rotatable bonds is 3. The molecule has 0 aromatic heterocycles. The van der Waals surface area contributed by atoms with Gasteiger partial charge in [0.2, 0.25) is 5.91 Å². The van der Waals surface area contributed by atoms with E-state index < -0.39 is 33.7 Å². The molecule has 0 bridgehead atoms. The Hall–Kier alpha value is -1.80. The lowest BCUT2D eigenvalue weighted by Crippen LogP contribution is -2.74. The van der Waals surface area contributed by atoms with Crippen LogP contribution < -0.4 is 10.6 Å². The predicted molar refractivity (Wildman–Crippen MR) is 134 cm³/mol. The van der Waals surface area contributed by atoms with Gasteiger partial charge in [-0.15, -0.1) is 0 Å². The Bertz CT molecular complexity index is 1130. The molecule has 6 unspecified atom stereocenters. The minimum atomic E-state index is -1.09. The number of ketones is 1. The first-order valence-electron chi connectivity index (χ1n) is 13.2. The number of anilines is 1. The van der Waals surface area contributed by atoms with E-state index >= 15 is 0 Å². The Morgan fingerprint density at radius 1 is 1.23 bits per heavy atom. The van der Waals surface area contributed by atoms with Gasteiger partial charge in [-0.1, -0.05) is 32.4 Å². The highest BCUT2D eigenvalue weighted by Crippen LogP contribution is 2.69. The monoisotopic (exact) mass is 481 g/mol. The van der Waals surface area contributed by atoms with Crippen LogP contribution in [0, 0.1) is 5.41 Å². The van der Waals surface area contributed by atoms with Gasteiger partial charge in [-0.3, -0.25) is 14.5 Å². The predicted octanol–water partition coefficient (Wildman–Crippen LogP) is 3.00. The molecule has 4 heterocycles. The molecule has 7 nitrogen and oxygen atoms in total. The van der Waals surface area contributed by atoms with Crippen LogP contribution >= 0.6 is 0 Å². The third-order valence-corrected chi connectivity index (χ3v) is 10.8. The molecule has 6 atom stereocenters. The minimum Gasteiger partial charge on any atom is -0.387 e. The van der Waals surface area contributed by atoms with Crippen molar-refractivity contribution in [1.29, 1.82) is 0 Å². The molecule has 5 aliphatic rings. The maximum Gasteiger partial charge on any atom is 0.235 e. The van der Waals surface area contributed by atoms with E-state index in [9.17, 15) is 14.7 Å². The van der Waals surface area contributed by atoms with Crippen molar-refractivity contribution >= 4 is 17.4 Å². The molecule has 1 spiro atoms. The second kappa shape index (κ2) is 6.94. The van der Waals surface area contributed by atoms with Gasteiger partial charge in [-0.25, -0.2) is 0 Å². The van der Waals surface area contributed by atoms with Crippen molar-refractivity contribution in [3.05, 3.63) is 29.3 Å². The van der Waals surface area contributed by atoms with Crippen LogP contribution in [-0.4, -0.2) is 70.2 Å². The lowest BCUT2D eigenvalue weighted by atomic mass is 9.57. The highest BCUT2D eigenvalue weighted by atomic mass is 16.6. The highest BCUT2D eigenvalue weighted by molar-refractivity contribution is 6.15. The third-order valence-electron chi connectivity index (χ3n) is 10.8. The van der Waals surface area contributed by atoms with Crippen LogP contribution in [0.2, 0.25) is 0 Å². The molecule has 3 N–H and O–H groups in total. The van der Waals surface area contributed by atoms with Gasteiger partial charge < -0.3 is 20.5 Å². The molecule has 0 radical (unpaired) electrons. The van der Waals surface area contributed by atoms with E-state index in [2.05, 4.69) is 36.3 Å². The van der Waals surface area contributed by atoms with Crippen LogP contribution in [0.5, 0.6) is 0 Å². The first-order chi connectivity index (χ1) is 16.4. The average Bonchev–Trinajstić information content (AvgIpc) is 3.29. The number of benzene rings is 1. The van der Waals surface area contributed by atoms with Gasteiger partial charge in [0.1, 0.15) is 6.10 Å². The Morgan fingerprint density at radius 3 is 2.60 bits per heavy atom. The lowest BCUT2D eigenvalue weighted by Gasteiger charge is -2.59. The number of epoxide rings is 1. The van der Waals surface area contributed by atoms with Crippen LogP contribution in [0.25, 0.3) is 0 Å². The number of hydrogen-bond donors (Lipinski definition) is 3. The molecule has 7 heteroatoms. The number of hydrogen-bond acceptors (Lipinski definition) is 6. The van der Waals surface area contributed by atoms with Crippen molar-refractivity contribution in [2.75, 3.05) is 18.9 Å². The van der Waals surface area contributed by atoms with Gasteiger partial charge in [0.15, 0.2) is 5.78 Å². The zero-order valence-electron chi connectivity index (χ0n) is 21.8. The number of aliphatic hydroxyl groups is 1. The van der Waals surface area contributed by atoms with E-state index in [0.29, 0.717) is 42.7 Å². The summed E-state index contributed by atoms with van der Waals surface area (Å²) in [6, 6.07) is 6.41. The van der Waals surface area contributed by atoms with Crippen molar-refractivity contribution in [3.8, 4) is 0 Å². The molecule has 1 amide bonds. The fraction of sp³-hybridized carbons (Fsp3) is 0.714. The fourth-order valence-corrected chi connectivity index (χ4v) is 8.45. The van der Waals surface area contributed by atoms with E-state index in [1.54, 1.807) is 6.07 Å². The van der Waals surface area contributed by atoms with E-state index in [-0.39, 0.29) is 11.7 Å². The molecule has 6 rings (SSSR count). The largest absolute Gasteiger partial charge is 0.387 e. The smallest absolute Gasteiger partial charge is 0.235 e. The number of para-hydroxylation sites is 1. The molecule has 4 fully saturated rings. The maximum atomic E-state index is 14.1. The molecule has 1 aromatic carbocycles. The summed E-state index contributed by atoms with van der Waals surface area (Å²) in [5.74, 6) is -0.206. The second-order valence-corrected chi connectivity index (χ2v) is 12.9. The summed E-state index contributed by atoms with van der Waals surface area (Å²) in [4.78, 5) is 30.0. The standard InChI is InChI=1S/C28H39N3O4/c1-16-9-7-10-17-13-28(34)25(4,5)27(14-26(28,29-6)15-31(16)17)19-12-8-11-18(20(19)30-23(27)33)21(32)22-24(2,3)35-22/h8,11-12,16-17,22,29,34H,7,9-10,13-15H2,1-6H3,(H,30,33). The number of carbonyl (C=O) groups is 2. The average molecular weight is 482 g/mol. The van der Waals surface area contributed by atoms with Crippen LogP contribution in [0.1, 0.15) is 82.6 Å². The summed E-state index contributed by atoms with van der Waals surface area (Å²) in [5.41, 5.74) is -1.98. The van der Waals surface area contributed by atoms with Gasteiger partial charge in [0.25, 0.3) is 0 Å². The van der Waals surface area contributed by atoms with Gasteiger partial charge in [-0.2, -0.15) is 0 Å². The SMILES string of the molecule is CNC12CN3C(C)CCCC3CC1(O)C(C)(C)C1(C2)C(=O)Nc2c(C(=O)C3OC3(C)C)cccc21. The van der Waals surface area contributed by atoms with E-state index in [1.165, 1.54) is 6.42 Å². The maximum absolute atomic E-state index is 14.1. The number of ether oxygens (including phenoxy) is 1. The molecule has 1 aromatic rings. The highest BCUT2D eigenvalue weighted by Gasteiger charge is 2.79. The van der Waals surface area contributed by atoms with E-state index in [1.807, 2.05) is 33.0 Å². The van der Waals surface area contributed by atoms with Crippen LogP contribution in [0.3, 0.4) is 0 Å². The molecular weight excluding hydrogens is 442 g/mol. The number of nitrogens with one attached hydrogen (secondary N) is 2. The quantitative estimate of drug-likeness (QED) is 0.454. The molecular formula is C28H39N3O4. The molecule has 35 heavy (non-hydrogen) atoms. The van der Waals surface area contributed by atoms with Crippen LogP contribution in [-0.2, 0) is 14.9 Å². The van der Waals surface area contributed by atoms with E-state index in [0.717, 1.165) is 18.4 Å². The van der Waals surface area contributed by atoms with Crippen LogP contribution in [0.4, 0.5) is 5.69 Å². The summed E-state index contributed by atoms with van der Waals surface area (Å²) in [7, 11) is 1.93. The summed E-state index contributed by atoms with van der Waals surface area (Å²) >= 11 is 0. The van der Waals surface area contributed by atoms with Crippen molar-refractivity contribution < 1.29 is 19.4 Å². The topological polar surface area (TPSA) is 94.2 Å². The van der Waals surface area contributed by atoms with Gasteiger partial charge >= 0.3 is 0 Å². The zero-order valence-corrected chi connectivity index (χ0v) is 21.8. The Balaban J connectivity index is 1.49. The van der Waals surface area contributed by atoms with Gasteiger partial charge in [0, 0.05) is 29.6 Å². The number of nitrogens with zero attached hydrogens (tertiary/aromatic N) is 1. The molecule has 190 valence electrons. The normalized spacial score (nSPS) is 42.8. The molecule has 4 aliphatic heterocycles. The van der Waals surface area contributed by atoms with Gasteiger partial charge in [0.05, 0.1) is 27.8 Å². The lowest BCUT2D eigenvalue weighted by molar-refractivity contribution is -0.171. The number of likely N-dealkylation sites (N-methyl/N-ethyl adjacent to an activating group) is 1. The molecule has 1 saturated carbocycles. The van der Waals surface area contributed by atoms with Crippen molar-refractivity contribution in [2.24, 2.45) is 5.41 Å². The second-order valence-electron chi connectivity index (χ2n) is 12.9. The van der Waals surface area contributed by atoms with Crippen molar-refractivity contribution in [2.45, 2.75) is 107 Å². The van der Waals surface area contributed by atoms with Crippen molar-refractivity contribution in [1.82, 2.24) is 10.2 Å². The molecule has 3 saturated heterocycles. The Morgan fingerprint density at radius 2 is 1.94 bits per heavy atom. The summed E-state index contributed by atoms with van der Waals surface area (Å²) in [6.45, 7) is 10.9. The van der Waals surface area contributed by atoms with Crippen molar-refractivity contribution in [3.63, 3.8) is 0 Å². The molecule has 1 aliphatic carbocycles. The fourth-order valence-electron chi connectivity index (χ4n) is 8.45. The van der Waals surface area contributed by atoms with Gasteiger partial charge in [-0.05, 0) is 65.1 Å². The Kier molecular flexibility index (Phi) is 4.68. The summed E-state index contributed by atoms with van der Waals surface area (Å²) < 4.78 is 5.64. The first-order valence-corrected chi connectivity index (χ1v) is 13.2. The summed E-state index contributed by atoms with van der Waals surface area (Å²) in [6.07, 6.45) is 4.04. The number of Topliss-reactive ketones (excluding diaryl/α,β-unsaturated/α-hetero) is 1. The number of amides is 1. The number of fused-ring (bicyclic) bond motifs is 4. The zero-order chi connectivity index (χ0) is 25.2. The van der Waals surface area contributed by atoms with Crippen LogP contribution in [0.15, 0.2) is 18.2 Å². The number of carbonyl (C=O) groups excluding carboxylic acids is 2. The van der Waals surface area contributed by atoms with E-state index in [4.69, 9.17) is 4.74 Å².